The van der Waals surface area contributed by atoms with Crippen molar-refractivity contribution >= 4 is 11.7 Å². The highest BCUT2D eigenvalue weighted by Crippen LogP contribution is 2.25. The molecule has 1 saturated carbocycles. The number of nitrogens with zero attached hydrogens (tertiary/aromatic N) is 4. The van der Waals surface area contributed by atoms with E-state index in [1.54, 1.807) is 11.1 Å². The van der Waals surface area contributed by atoms with Gasteiger partial charge in [0.15, 0.2) is 5.82 Å². The van der Waals surface area contributed by atoms with E-state index in [1.165, 1.54) is 4.68 Å². The summed E-state index contributed by atoms with van der Waals surface area (Å²) in [6.07, 6.45) is 3.78. The van der Waals surface area contributed by atoms with E-state index < -0.39 is 0 Å². The van der Waals surface area contributed by atoms with Crippen LogP contribution in [0.3, 0.4) is 0 Å². The molecule has 1 heterocycles. The SMILES string of the molecule is CN(C(=O)Cn1cc(N)nn1)C1CC1. The molecule has 6 nitrogen and oxygen atoms in total. The van der Waals surface area contributed by atoms with Crippen molar-refractivity contribution in [3.8, 4) is 0 Å². The van der Waals surface area contributed by atoms with Crippen molar-refractivity contribution in [1.82, 2.24) is 19.9 Å². The second-order valence-electron chi connectivity index (χ2n) is 3.58. The monoisotopic (exact) mass is 195 g/mol. The van der Waals surface area contributed by atoms with Crippen LogP contribution < -0.4 is 5.73 Å². The van der Waals surface area contributed by atoms with Crippen LogP contribution in [0, 0.1) is 0 Å². The van der Waals surface area contributed by atoms with Crippen LogP contribution in [0.15, 0.2) is 6.20 Å². The zero-order valence-corrected chi connectivity index (χ0v) is 8.05. The fourth-order valence-corrected chi connectivity index (χ4v) is 1.31. The Balaban J connectivity index is 1.93. The quantitative estimate of drug-likeness (QED) is 0.704. The van der Waals surface area contributed by atoms with Gasteiger partial charge in [-0.2, -0.15) is 0 Å². The molecular formula is C8H13N5O. The summed E-state index contributed by atoms with van der Waals surface area (Å²) in [5.41, 5.74) is 5.38. The van der Waals surface area contributed by atoms with E-state index in [1.807, 2.05) is 7.05 Å². The van der Waals surface area contributed by atoms with Crippen LogP contribution in [0.25, 0.3) is 0 Å². The molecule has 0 unspecified atom stereocenters. The van der Waals surface area contributed by atoms with Crippen molar-refractivity contribution in [2.75, 3.05) is 12.8 Å². The van der Waals surface area contributed by atoms with Crippen LogP contribution >= 0.6 is 0 Å². The number of aromatic nitrogens is 3. The van der Waals surface area contributed by atoms with Crippen molar-refractivity contribution < 1.29 is 4.79 Å². The molecule has 76 valence electrons. The zero-order chi connectivity index (χ0) is 10.1. The third-order valence-electron chi connectivity index (χ3n) is 2.34. The van der Waals surface area contributed by atoms with Crippen molar-refractivity contribution in [1.29, 1.82) is 0 Å². The molecule has 0 bridgehead atoms. The molecule has 0 radical (unpaired) electrons. The standard InChI is InChI=1S/C8H13N5O/c1-12(6-2-3-6)8(14)5-13-4-7(9)10-11-13/h4,6H,2-3,5,9H2,1H3. The van der Waals surface area contributed by atoms with Crippen LogP contribution in [0.1, 0.15) is 12.8 Å². The summed E-state index contributed by atoms with van der Waals surface area (Å²) < 4.78 is 1.45. The van der Waals surface area contributed by atoms with E-state index in [0.717, 1.165) is 12.8 Å². The van der Waals surface area contributed by atoms with Gasteiger partial charge >= 0.3 is 0 Å². The largest absolute Gasteiger partial charge is 0.381 e. The summed E-state index contributed by atoms with van der Waals surface area (Å²) in [5, 5.41) is 7.32. The van der Waals surface area contributed by atoms with Crippen molar-refractivity contribution in [3.05, 3.63) is 6.20 Å². The van der Waals surface area contributed by atoms with Crippen LogP contribution in [-0.2, 0) is 11.3 Å². The predicted molar refractivity (Wildman–Crippen MR) is 50.2 cm³/mol. The maximum absolute atomic E-state index is 11.6. The number of carbonyl (C=O) groups excluding carboxylic acids is 1. The van der Waals surface area contributed by atoms with E-state index in [0.29, 0.717) is 11.9 Å². The number of amides is 1. The molecule has 1 aliphatic carbocycles. The van der Waals surface area contributed by atoms with Gasteiger partial charge < -0.3 is 10.6 Å². The smallest absolute Gasteiger partial charge is 0.244 e. The van der Waals surface area contributed by atoms with Gasteiger partial charge in [-0.15, -0.1) is 5.10 Å². The highest BCUT2D eigenvalue weighted by Gasteiger charge is 2.29. The molecule has 1 amide bonds. The van der Waals surface area contributed by atoms with Gasteiger partial charge in [-0.3, -0.25) is 4.79 Å². The Morgan fingerprint density at radius 2 is 2.50 bits per heavy atom. The second kappa shape index (κ2) is 3.28. The van der Waals surface area contributed by atoms with Gasteiger partial charge in [-0.25, -0.2) is 4.68 Å². The molecule has 6 heteroatoms. The number of carbonyl (C=O) groups is 1. The Morgan fingerprint density at radius 3 is 3.00 bits per heavy atom. The first-order valence-electron chi connectivity index (χ1n) is 4.58. The molecule has 0 spiro atoms. The molecule has 14 heavy (non-hydrogen) atoms. The molecule has 0 atom stereocenters. The molecule has 0 aliphatic heterocycles. The van der Waals surface area contributed by atoms with Crippen LogP contribution in [-0.4, -0.2) is 38.9 Å². The molecule has 1 aromatic heterocycles. The second-order valence-corrected chi connectivity index (χ2v) is 3.58. The maximum Gasteiger partial charge on any atom is 0.244 e. The number of rotatable bonds is 3. The van der Waals surface area contributed by atoms with E-state index >= 15 is 0 Å². The molecule has 1 aliphatic rings. The molecule has 2 N–H and O–H groups in total. The van der Waals surface area contributed by atoms with Gasteiger partial charge in [0.1, 0.15) is 6.54 Å². The van der Waals surface area contributed by atoms with Crippen molar-refractivity contribution in [2.24, 2.45) is 0 Å². The summed E-state index contributed by atoms with van der Waals surface area (Å²) >= 11 is 0. The molecular weight excluding hydrogens is 182 g/mol. The molecule has 0 aromatic carbocycles. The molecule has 2 rings (SSSR count). The van der Waals surface area contributed by atoms with Gasteiger partial charge in [0.05, 0.1) is 6.20 Å². The fraction of sp³-hybridized carbons (Fsp3) is 0.625. The lowest BCUT2D eigenvalue weighted by Crippen LogP contribution is -2.32. The molecule has 1 fully saturated rings. The van der Waals surface area contributed by atoms with Crippen LogP contribution in [0.5, 0.6) is 0 Å². The first kappa shape index (κ1) is 8.98. The first-order valence-corrected chi connectivity index (χ1v) is 4.58. The van der Waals surface area contributed by atoms with Crippen LogP contribution in [0.4, 0.5) is 5.82 Å². The number of nitrogens with two attached hydrogens (primary N) is 1. The zero-order valence-electron chi connectivity index (χ0n) is 8.05. The van der Waals surface area contributed by atoms with Gasteiger partial charge in [0, 0.05) is 13.1 Å². The van der Waals surface area contributed by atoms with E-state index in [4.69, 9.17) is 5.73 Å². The van der Waals surface area contributed by atoms with E-state index in [9.17, 15) is 4.79 Å². The van der Waals surface area contributed by atoms with Gasteiger partial charge in [0.25, 0.3) is 0 Å². The van der Waals surface area contributed by atoms with Crippen LogP contribution in [0.2, 0.25) is 0 Å². The number of nitrogen functional groups attached to an aromatic ring is 1. The van der Waals surface area contributed by atoms with Crippen molar-refractivity contribution in [3.63, 3.8) is 0 Å². The topological polar surface area (TPSA) is 77.0 Å². The van der Waals surface area contributed by atoms with Gasteiger partial charge in [-0.05, 0) is 12.8 Å². The summed E-state index contributed by atoms with van der Waals surface area (Å²) in [6, 6.07) is 0.434. The number of hydrogen-bond acceptors (Lipinski definition) is 4. The Hall–Kier alpha value is -1.59. The minimum Gasteiger partial charge on any atom is -0.381 e. The third kappa shape index (κ3) is 1.84. The average Bonchev–Trinajstić information content (AvgIpc) is 2.91. The predicted octanol–water partition coefficient (Wildman–Crippen LogP) is -0.519. The third-order valence-corrected chi connectivity index (χ3v) is 2.34. The average molecular weight is 195 g/mol. The normalized spacial score (nSPS) is 15.5. The van der Waals surface area contributed by atoms with Gasteiger partial charge in [0.2, 0.25) is 5.91 Å². The molecule has 0 saturated heterocycles. The lowest BCUT2D eigenvalue weighted by Gasteiger charge is -2.15. The lowest BCUT2D eigenvalue weighted by atomic mass is 10.5. The number of hydrogen-bond donors (Lipinski definition) is 1. The molecule has 1 aromatic rings. The Morgan fingerprint density at radius 1 is 1.79 bits per heavy atom. The highest BCUT2D eigenvalue weighted by atomic mass is 16.2. The minimum atomic E-state index is 0.0531. The summed E-state index contributed by atoms with van der Waals surface area (Å²) in [7, 11) is 1.82. The summed E-state index contributed by atoms with van der Waals surface area (Å²) in [4.78, 5) is 13.4. The van der Waals surface area contributed by atoms with Crippen molar-refractivity contribution in [2.45, 2.75) is 25.4 Å². The van der Waals surface area contributed by atoms with Gasteiger partial charge in [-0.1, -0.05) is 5.21 Å². The highest BCUT2D eigenvalue weighted by molar-refractivity contribution is 5.76. The maximum atomic E-state index is 11.6. The number of likely N-dealkylation sites (N-methyl/N-ethyl adjacent to an activating group) is 1. The first-order chi connectivity index (χ1) is 6.66. The Labute approximate surface area is 81.7 Å². The Bertz CT molecular complexity index is 343. The number of anilines is 1. The van der Waals surface area contributed by atoms with E-state index in [-0.39, 0.29) is 12.5 Å². The lowest BCUT2D eigenvalue weighted by molar-refractivity contribution is -0.131. The summed E-state index contributed by atoms with van der Waals surface area (Å²) in [6.45, 7) is 0.219. The van der Waals surface area contributed by atoms with E-state index in [2.05, 4.69) is 10.3 Å². The Kier molecular flexibility index (Phi) is 2.11. The fourth-order valence-electron chi connectivity index (χ4n) is 1.31. The minimum absolute atomic E-state index is 0.0531. The summed E-state index contributed by atoms with van der Waals surface area (Å²) in [5.74, 6) is 0.393.